The predicted octanol–water partition coefficient (Wildman–Crippen LogP) is 3.77. The smallest absolute Gasteiger partial charge is 0.254 e. The lowest BCUT2D eigenvalue weighted by Gasteiger charge is -2.18. The molecule has 31 heavy (non-hydrogen) atoms. The first-order chi connectivity index (χ1) is 14.9. The number of carbonyl (C=O) groups excluding carboxylic acids is 1. The second kappa shape index (κ2) is 8.55. The second-order valence-electron chi connectivity index (χ2n) is 7.59. The zero-order chi connectivity index (χ0) is 22.0. The number of H-pyrrole nitrogens is 1. The number of hydrogen-bond acceptors (Lipinski definition) is 3. The summed E-state index contributed by atoms with van der Waals surface area (Å²) >= 11 is 0. The number of fused-ring (bicyclic) bond motifs is 1. The van der Waals surface area contributed by atoms with Crippen molar-refractivity contribution in [1.82, 2.24) is 19.7 Å². The average molecular weight is 418 g/mol. The fourth-order valence-electron chi connectivity index (χ4n) is 3.66. The van der Waals surface area contributed by atoms with Crippen molar-refractivity contribution in [2.24, 2.45) is 7.05 Å². The lowest BCUT2D eigenvalue weighted by atomic mass is 10.1. The van der Waals surface area contributed by atoms with Crippen LogP contribution in [-0.4, -0.2) is 39.2 Å². The molecule has 1 amide bonds. The van der Waals surface area contributed by atoms with Gasteiger partial charge in [0.05, 0.1) is 16.8 Å². The van der Waals surface area contributed by atoms with E-state index in [0.717, 1.165) is 34.3 Å². The summed E-state index contributed by atoms with van der Waals surface area (Å²) in [5.41, 5.74) is 3.49. The molecule has 0 aliphatic rings. The Bertz CT molecular complexity index is 1290. The maximum Gasteiger partial charge on any atom is 0.254 e. The third-order valence-corrected chi connectivity index (χ3v) is 5.44. The summed E-state index contributed by atoms with van der Waals surface area (Å²) in [5, 5.41) is 8.05. The van der Waals surface area contributed by atoms with Crippen LogP contribution in [0.15, 0.2) is 65.5 Å². The summed E-state index contributed by atoms with van der Waals surface area (Å²) in [6, 6.07) is 16.9. The van der Waals surface area contributed by atoms with Crippen molar-refractivity contribution >= 4 is 16.8 Å². The molecule has 0 bridgehead atoms. The molecule has 6 nitrogen and oxygen atoms in total. The number of aromatic amines is 1. The van der Waals surface area contributed by atoms with Crippen LogP contribution in [-0.2, 0) is 13.5 Å². The van der Waals surface area contributed by atoms with Gasteiger partial charge in [0.2, 0.25) is 0 Å². The van der Waals surface area contributed by atoms with E-state index in [-0.39, 0.29) is 17.3 Å². The summed E-state index contributed by atoms with van der Waals surface area (Å²) < 4.78 is 14.6. The number of amides is 1. The van der Waals surface area contributed by atoms with E-state index in [9.17, 15) is 14.0 Å². The van der Waals surface area contributed by atoms with E-state index < -0.39 is 0 Å². The van der Waals surface area contributed by atoms with E-state index in [1.165, 1.54) is 18.2 Å². The van der Waals surface area contributed by atoms with Crippen molar-refractivity contribution in [1.29, 1.82) is 0 Å². The van der Waals surface area contributed by atoms with Crippen molar-refractivity contribution in [2.45, 2.75) is 12.8 Å². The third kappa shape index (κ3) is 4.26. The monoisotopic (exact) mass is 418 g/mol. The van der Waals surface area contributed by atoms with Gasteiger partial charge in [-0.2, -0.15) is 5.10 Å². The molecule has 2 aromatic carbocycles. The summed E-state index contributed by atoms with van der Waals surface area (Å²) in [4.78, 5) is 26.9. The van der Waals surface area contributed by atoms with E-state index >= 15 is 0 Å². The Morgan fingerprint density at radius 2 is 1.87 bits per heavy atom. The highest BCUT2D eigenvalue weighted by Gasteiger charge is 2.17. The molecule has 0 aliphatic carbocycles. The van der Waals surface area contributed by atoms with Crippen LogP contribution >= 0.6 is 0 Å². The Morgan fingerprint density at radius 1 is 1.13 bits per heavy atom. The molecular weight excluding hydrogens is 395 g/mol. The van der Waals surface area contributed by atoms with Gasteiger partial charge in [0, 0.05) is 43.4 Å². The number of carbonyl (C=O) groups is 1. The summed E-state index contributed by atoms with van der Waals surface area (Å²) in [6.45, 7) is 0.535. The van der Waals surface area contributed by atoms with E-state index in [1.54, 1.807) is 35.7 Å². The van der Waals surface area contributed by atoms with Crippen LogP contribution in [0, 0.1) is 5.82 Å². The molecule has 0 atom stereocenters. The SMILES string of the molecule is CN(CCCc1cc(-c2ccc(F)cc2)n[nH]1)C(=O)c1cc(=O)n(C)c2ccccc12. The third-order valence-electron chi connectivity index (χ3n) is 5.44. The highest BCUT2D eigenvalue weighted by atomic mass is 19.1. The highest BCUT2D eigenvalue weighted by molar-refractivity contribution is 6.06. The first-order valence-electron chi connectivity index (χ1n) is 10.1. The Balaban J connectivity index is 1.42. The number of halogens is 1. The van der Waals surface area contributed by atoms with Crippen molar-refractivity contribution in [3.05, 3.63) is 88.1 Å². The molecule has 0 radical (unpaired) electrons. The molecule has 7 heteroatoms. The molecule has 0 fully saturated rings. The van der Waals surface area contributed by atoms with E-state index in [4.69, 9.17) is 0 Å². The minimum absolute atomic E-state index is 0.175. The van der Waals surface area contributed by atoms with E-state index in [0.29, 0.717) is 18.5 Å². The van der Waals surface area contributed by atoms with Gasteiger partial charge >= 0.3 is 0 Å². The molecule has 2 aromatic heterocycles. The quantitative estimate of drug-likeness (QED) is 0.518. The first-order valence-corrected chi connectivity index (χ1v) is 10.1. The minimum atomic E-state index is -0.281. The first kappa shape index (κ1) is 20.5. The van der Waals surface area contributed by atoms with Crippen LogP contribution in [0.4, 0.5) is 4.39 Å². The topological polar surface area (TPSA) is 71.0 Å². The largest absolute Gasteiger partial charge is 0.342 e. The molecule has 0 aliphatic heterocycles. The molecule has 4 aromatic rings. The number of pyridine rings is 1. The van der Waals surface area contributed by atoms with Crippen LogP contribution in [0.1, 0.15) is 22.5 Å². The predicted molar refractivity (Wildman–Crippen MR) is 118 cm³/mol. The van der Waals surface area contributed by atoms with E-state index in [2.05, 4.69) is 10.2 Å². The fourth-order valence-corrected chi connectivity index (χ4v) is 3.66. The van der Waals surface area contributed by atoms with Gasteiger partial charge in [-0.3, -0.25) is 14.7 Å². The molecular formula is C24H23FN4O2. The Hall–Kier alpha value is -3.74. The fraction of sp³-hybridized carbons (Fsp3) is 0.208. The number of para-hydroxylation sites is 1. The van der Waals surface area contributed by atoms with Gasteiger partial charge in [0.15, 0.2) is 0 Å². The molecule has 0 unspecified atom stereocenters. The molecule has 0 spiro atoms. The maximum atomic E-state index is 13.1. The van der Waals surface area contributed by atoms with E-state index in [1.807, 2.05) is 30.3 Å². The van der Waals surface area contributed by atoms with Gasteiger partial charge < -0.3 is 9.47 Å². The number of aryl methyl sites for hydroxylation is 2. The molecule has 0 saturated heterocycles. The Labute approximate surface area is 178 Å². The van der Waals surface area contributed by atoms with Crippen molar-refractivity contribution in [3.8, 4) is 11.3 Å². The molecule has 0 saturated carbocycles. The highest BCUT2D eigenvalue weighted by Crippen LogP contribution is 2.20. The second-order valence-corrected chi connectivity index (χ2v) is 7.59. The molecule has 4 rings (SSSR count). The summed E-state index contributed by atoms with van der Waals surface area (Å²) in [6.07, 6.45) is 1.44. The zero-order valence-electron chi connectivity index (χ0n) is 17.4. The number of aromatic nitrogens is 3. The number of nitrogens with zero attached hydrogens (tertiary/aromatic N) is 3. The lowest BCUT2D eigenvalue weighted by Crippen LogP contribution is -2.30. The van der Waals surface area contributed by atoms with Gasteiger partial charge in [0.25, 0.3) is 11.5 Å². The lowest BCUT2D eigenvalue weighted by molar-refractivity contribution is 0.0795. The Morgan fingerprint density at radius 3 is 2.65 bits per heavy atom. The number of rotatable bonds is 6. The minimum Gasteiger partial charge on any atom is -0.342 e. The summed E-state index contributed by atoms with van der Waals surface area (Å²) in [7, 11) is 3.44. The molecule has 1 N–H and O–H groups in total. The summed E-state index contributed by atoms with van der Waals surface area (Å²) in [5.74, 6) is -0.457. The average Bonchev–Trinajstić information content (AvgIpc) is 3.25. The normalized spacial score (nSPS) is 11.1. The number of nitrogens with one attached hydrogen (secondary N) is 1. The number of hydrogen-bond donors (Lipinski definition) is 1. The van der Waals surface area contributed by atoms with Crippen molar-refractivity contribution < 1.29 is 9.18 Å². The van der Waals surface area contributed by atoms with Crippen LogP contribution in [0.3, 0.4) is 0 Å². The van der Waals surface area contributed by atoms with Crippen LogP contribution in [0.25, 0.3) is 22.2 Å². The standard InChI is InChI=1S/C24H23FN4O2/c1-28(24(31)20-15-23(30)29(2)22-8-4-3-7-19(20)22)13-5-6-18-14-21(27-26-18)16-9-11-17(25)12-10-16/h3-4,7-12,14-15H,5-6,13H2,1-2H3,(H,26,27). The van der Waals surface area contributed by atoms with Crippen LogP contribution < -0.4 is 5.56 Å². The van der Waals surface area contributed by atoms with Gasteiger partial charge in [-0.05, 0) is 49.2 Å². The van der Waals surface area contributed by atoms with Crippen molar-refractivity contribution in [2.75, 3.05) is 13.6 Å². The van der Waals surface area contributed by atoms with Gasteiger partial charge in [0.1, 0.15) is 5.82 Å². The van der Waals surface area contributed by atoms with Crippen LogP contribution in [0.5, 0.6) is 0 Å². The van der Waals surface area contributed by atoms with Crippen molar-refractivity contribution in [3.63, 3.8) is 0 Å². The molecule has 2 heterocycles. The zero-order valence-corrected chi connectivity index (χ0v) is 17.4. The van der Waals surface area contributed by atoms with Gasteiger partial charge in [-0.1, -0.05) is 18.2 Å². The van der Waals surface area contributed by atoms with Gasteiger partial charge in [-0.25, -0.2) is 4.39 Å². The Kier molecular flexibility index (Phi) is 5.66. The number of benzene rings is 2. The maximum absolute atomic E-state index is 13.1. The van der Waals surface area contributed by atoms with Gasteiger partial charge in [-0.15, -0.1) is 0 Å². The van der Waals surface area contributed by atoms with Crippen LogP contribution in [0.2, 0.25) is 0 Å². The molecule has 158 valence electrons.